The zero-order valence-corrected chi connectivity index (χ0v) is 9.72. The molecule has 0 amide bonds. The predicted octanol–water partition coefficient (Wildman–Crippen LogP) is 0.227. The zero-order chi connectivity index (χ0) is 12.3. The van der Waals surface area contributed by atoms with E-state index in [2.05, 4.69) is 10.2 Å². The van der Waals surface area contributed by atoms with Gasteiger partial charge in [-0.15, -0.1) is 5.10 Å². The molecule has 2 rings (SSSR count). The van der Waals surface area contributed by atoms with Crippen LogP contribution in [0.4, 0.5) is 5.69 Å². The second kappa shape index (κ2) is 4.88. The monoisotopic (exact) mass is 249 g/mol. The van der Waals surface area contributed by atoms with Gasteiger partial charge in [0.1, 0.15) is 6.20 Å². The lowest BCUT2D eigenvalue weighted by atomic mass is 10.2. The molecule has 0 aliphatic carbocycles. The Morgan fingerprint density at radius 1 is 1.29 bits per heavy atom. The van der Waals surface area contributed by atoms with E-state index in [0.29, 0.717) is 16.6 Å². The van der Waals surface area contributed by atoms with Crippen molar-refractivity contribution in [3.8, 4) is 0 Å². The minimum absolute atomic E-state index is 0.375. The van der Waals surface area contributed by atoms with Gasteiger partial charge in [0.2, 0.25) is 5.16 Å². The molecule has 0 bridgehead atoms. The molecule has 0 fully saturated rings. The van der Waals surface area contributed by atoms with Crippen LogP contribution in [0.3, 0.4) is 0 Å². The molecule has 7 heteroatoms. The van der Waals surface area contributed by atoms with E-state index >= 15 is 0 Å². The molecule has 1 aromatic heterocycles. The maximum absolute atomic E-state index is 11.2. The summed E-state index contributed by atoms with van der Waals surface area (Å²) in [5.41, 5.74) is 7.00. The summed E-state index contributed by atoms with van der Waals surface area (Å²) < 4.78 is 0.981. The fourth-order valence-corrected chi connectivity index (χ4v) is 2.01. The third-order valence-corrected chi connectivity index (χ3v) is 3.12. The van der Waals surface area contributed by atoms with Crippen LogP contribution in [0.2, 0.25) is 0 Å². The van der Waals surface area contributed by atoms with Crippen molar-refractivity contribution in [2.45, 2.75) is 10.9 Å². The number of hydrogen-bond donors (Lipinski definition) is 2. The summed E-state index contributed by atoms with van der Waals surface area (Å²) in [6, 6.07) is 7.47. The van der Waals surface area contributed by atoms with Crippen molar-refractivity contribution in [3.63, 3.8) is 0 Å². The lowest BCUT2D eigenvalue weighted by Crippen LogP contribution is -2.29. The number of nitrogens with two attached hydrogens (primary N) is 2. The summed E-state index contributed by atoms with van der Waals surface area (Å²) in [5, 5.41) is 7.75. The van der Waals surface area contributed by atoms with Gasteiger partial charge < -0.3 is 11.6 Å². The summed E-state index contributed by atoms with van der Waals surface area (Å²) in [4.78, 5) is 11.2. The van der Waals surface area contributed by atoms with Gasteiger partial charge in [0.05, 0.1) is 0 Å². The molecule has 1 aromatic carbocycles. The van der Waals surface area contributed by atoms with Gasteiger partial charge in [0.25, 0.3) is 5.56 Å². The minimum atomic E-state index is -0.375. The molecule has 88 valence electrons. The van der Waals surface area contributed by atoms with Gasteiger partial charge in [-0.1, -0.05) is 23.9 Å². The highest BCUT2D eigenvalue weighted by atomic mass is 32.2. The molecule has 2 aromatic rings. The molecule has 0 aliphatic rings. The third-order valence-electron chi connectivity index (χ3n) is 2.10. The highest BCUT2D eigenvalue weighted by Gasteiger charge is 2.04. The number of hydrogen-bond acceptors (Lipinski definition) is 6. The van der Waals surface area contributed by atoms with Crippen molar-refractivity contribution >= 4 is 17.4 Å². The SMILES string of the molecule is Nc1ccc(CSc2nncc(=O)n2N)cc1. The molecule has 0 atom stereocenters. The Bertz CT molecular complexity index is 566. The van der Waals surface area contributed by atoms with Gasteiger partial charge in [-0.3, -0.25) is 4.79 Å². The maximum atomic E-state index is 11.2. The number of thioether (sulfide) groups is 1. The molecule has 0 radical (unpaired) electrons. The molecule has 4 N–H and O–H groups in total. The van der Waals surface area contributed by atoms with E-state index in [-0.39, 0.29) is 5.56 Å². The van der Waals surface area contributed by atoms with Crippen LogP contribution in [0.15, 0.2) is 40.4 Å². The van der Waals surface area contributed by atoms with Crippen LogP contribution in [0.25, 0.3) is 0 Å². The van der Waals surface area contributed by atoms with Crippen molar-refractivity contribution in [2.24, 2.45) is 0 Å². The van der Waals surface area contributed by atoms with Crippen LogP contribution in [0.1, 0.15) is 5.56 Å². The lowest BCUT2D eigenvalue weighted by Gasteiger charge is -2.04. The van der Waals surface area contributed by atoms with Gasteiger partial charge in [-0.05, 0) is 17.7 Å². The molecular formula is C10H11N5OS. The van der Waals surface area contributed by atoms with E-state index in [1.165, 1.54) is 11.8 Å². The molecular weight excluding hydrogens is 238 g/mol. The Morgan fingerprint density at radius 2 is 2.00 bits per heavy atom. The number of rotatable bonds is 3. The Kier molecular flexibility index (Phi) is 3.29. The quantitative estimate of drug-likeness (QED) is 0.459. The summed E-state index contributed by atoms with van der Waals surface area (Å²) in [6.45, 7) is 0. The maximum Gasteiger partial charge on any atom is 0.291 e. The smallest absolute Gasteiger partial charge is 0.291 e. The van der Waals surface area contributed by atoms with Crippen LogP contribution in [0.5, 0.6) is 0 Å². The fraction of sp³-hybridized carbons (Fsp3) is 0.100. The average Bonchev–Trinajstić information content (AvgIpc) is 2.33. The summed E-state index contributed by atoms with van der Waals surface area (Å²) in [6.07, 6.45) is 1.08. The van der Waals surface area contributed by atoms with Crippen molar-refractivity contribution < 1.29 is 0 Å². The Labute approximate surface area is 102 Å². The second-order valence-corrected chi connectivity index (χ2v) is 4.31. The van der Waals surface area contributed by atoms with E-state index in [1.807, 2.05) is 24.3 Å². The lowest BCUT2D eigenvalue weighted by molar-refractivity contribution is 0.698. The first-order valence-electron chi connectivity index (χ1n) is 4.84. The Morgan fingerprint density at radius 3 is 2.71 bits per heavy atom. The van der Waals surface area contributed by atoms with E-state index in [0.717, 1.165) is 16.4 Å². The van der Waals surface area contributed by atoms with Crippen LogP contribution in [-0.2, 0) is 5.75 Å². The Hall–Kier alpha value is -2.02. The highest BCUT2D eigenvalue weighted by molar-refractivity contribution is 7.98. The molecule has 17 heavy (non-hydrogen) atoms. The topological polar surface area (TPSA) is 99.8 Å². The first-order valence-corrected chi connectivity index (χ1v) is 5.82. The summed E-state index contributed by atoms with van der Waals surface area (Å²) in [5.74, 6) is 6.18. The average molecular weight is 249 g/mol. The summed E-state index contributed by atoms with van der Waals surface area (Å²) in [7, 11) is 0. The molecule has 1 heterocycles. The standard InChI is InChI=1S/C10H11N5OS/c11-8-3-1-7(2-4-8)6-17-10-14-13-5-9(16)15(10)12/h1-5H,6,11-12H2. The van der Waals surface area contributed by atoms with Gasteiger partial charge >= 0.3 is 0 Å². The second-order valence-electron chi connectivity index (χ2n) is 3.37. The van der Waals surface area contributed by atoms with Crippen molar-refractivity contribution in [1.82, 2.24) is 14.9 Å². The Balaban J connectivity index is 2.10. The number of nitrogens with zero attached hydrogens (tertiary/aromatic N) is 3. The van der Waals surface area contributed by atoms with E-state index in [4.69, 9.17) is 11.6 Å². The number of aromatic nitrogens is 3. The van der Waals surface area contributed by atoms with E-state index in [1.54, 1.807) is 0 Å². The van der Waals surface area contributed by atoms with Crippen LogP contribution >= 0.6 is 11.8 Å². The molecule has 0 saturated carbocycles. The molecule has 6 nitrogen and oxygen atoms in total. The van der Waals surface area contributed by atoms with Crippen molar-refractivity contribution in [2.75, 3.05) is 11.6 Å². The van der Waals surface area contributed by atoms with Crippen LogP contribution in [-0.4, -0.2) is 14.9 Å². The zero-order valence-electron chi connectivity index (χ0n) is 8.91. The first-order chi connectivity index (χ1) is 8.16. The predicted molar refractivity (Wildman–Crippen MR) is 66.9 cm³/mol. The largest absolute Gasteiger partial charge is 0.399 e. The number of benzene rings is 1. The molecule has 0 saturated heterocycles. The number of nitrogen functional groups attached to an aromatic ring is 2. The van der Waals surface area contributed by atoms with Crippen LogP contribution in [0, 0.1) is 0 Å². The van der Waals surface area contributed by atoms with Crippen molar-refractivity contribution in [1.29, 1.82) is 0 Å². The molecule has 0 spiro atoms. The van der Waals surface area contributed by atoms with Gasteiger partial charge in [-0.25, -0.2) is 0 Å². The van der Waals surface area contributed by atoms with Crippen molar-refractivity contribution in [3.05, 3.63) is 46.4 Å². The van der Waals surface area contributed by atoms with Gasteiger partial charge in [0.15, 0.2) is 0 Å². The normalized spacial score (nSPS) is 10.4. The number of anilines is 1. The van der Waals surface area contributed by atoms with Gasteiger partial charge in [-0.2, -0.15) is 9.77 Å². The molecule has 0 aliphatic heterocycles. The van der Waals surface area contributed by atoms with Gasteiger partial charge in [0, 0.05) is 11.4 Å². The van der Waals surface area contributed by atoms with Crippen LogP contribution < -0.4 is 17.1 Å². The summed E-state index contributed by atoms with van der Waals surface area (Å²) >= 11 is 1.34. The fourth-order valence-electron chi connectivity index (χ4n) is 1.19. The van der Waals surface area contributed by atoms with E-state index < -0.39 is 0 Å². The third kappa shape index (κ3) is 2.76. The highest BCUT2D eigenvalue weighted by Crippen LogP contribution is 2.18. The molecule has 0 unspecified atom stereocenters. The first kappa shape index (κ1) is 11.5. The van der Waals surface area contributed by atoms with E-state index in [9.17, 15) is 4.79 Å². The minimum Gasteiger partial charge on any atom is -0.399 e.